The van der Waals surface area contributed by atoms with E-state index < -0.39 is 0 Å². The van der Waals surface area contributed by atoms with Crippen LogP contribution in [0.3, 0.4) is 0 Å². The number of amides is 1. The monoisotopic (exact) mass is 228 g/mol. The van der Waals surface area contributed by atoms with Crippen molar-refractivity contribution in [2.75, 3.05) is 33.3 Å². The van der Waals surface area contributed by atoms with Crippen LogP contribution in [0.5, 0.6) is 0 Å². The first kappa shape index (κ1) is 13.5. The Morgan fingerprint density at radius 3 is 2.81 bits per heavy atom. The molecule has 0 saturated carbocycles. The summed E-state index contributed by atoms with van der Waals surface area (Å²) < 4.78 is 0. The van der Waals surface area contributed by atoms with Gasteiger partial charge in [0.05, 0.1) is 13.2 Å². The molecule has 1 amide bonds. The molecule has 16 heavy (non-hydrogen) atoms. The predicted molar refractivity (Wildman–Crippen MR) is 64.2 cm³/mol. The van der Waals surface area contributed by atoms with Crippen LogP contribution in [0.2, 0.25) is 0 Å². The number of nitrogens with zero attached hydrogens (tertiary/aromatic N) is 2. The summed E-state index contributed by atoms with van der Waals surface area (Å²) in [6, 6.07) is 0.178. The summed E-state index contributed by atoms with van der Waals surface area (Å²) in [6.45, 7) is 4.29. The van der Waals surface area contributed by atoms with Gasteiger partial charge in [0.2, 0.25) is 5.91 Å². The summed E-state index contributed by atoms with van der Waals surface area (Å²) in [4.78, 5) is 15.7. The first-order valence-corrected chi connectivity index (χ1v) is 6.28. The number of carbonyl (C=O) groups is 1. The van der Waals surface area contributed by atoms with Gasteiger partial charge in [0.25, 0.3) is 0 Å². The fourth-order valence-corrected chi connectivity index (χ4v) is 2.12. The molecule has 1 unspecified atom stereocenters. The average molecular weight is 228 g/mol. The van der Waals surface area contributed by atoms with Crippen LogP contribution in [0.25, 0.3) is 0 Å². The summed E-state index contributed by atoms with van der Waals surface area (Å²) in [5.74, 6) is 0.155. The van der Waals surface area contributed by atoms with Crippen molar-refractivity contribution in [2.45, 2.75) is 38.6 Å². The van der Waals surface area contributed by atoms with E-state index in [4.69, 9.17) is 0 Å². The van der Waals surface area contributed by atoms with Crippen LogP contribution in [-0.2, 0) is 4.79 Å². The third kappa shape index (κ3) is 3.76. The Balaban J connectivity index is 2.51. The SMILES string of the molecule is CCN(C)C(=O)CN1CCCCCC1CO. The number of likely N-dealkylation sites (N-methyl/N-ethyl adjacent to an activating group) is 1. The highest BCUT2D eigenvalue weighted by Crippen LogP contribution is 2.16. The minimum atomic E-state index is 0.155. The van der Waals surface area contributed by atoms with Crippen molar-refractivity contribution >= 4 is 5.91 Å². The van der Waals surface area contributed by atoms with Crippen molar-refractivity contribution in [1.82, 2.24) is 9.80 Å². The normalized spacial score (nSPS) is 22.8. The largest absolute Gasteiger partial charge is 0.395 e. The van der Waals surface area contributed by atoms with E-state index in [2.05, 4.69) is 4.90 Å². The number of hydrogen-bond acceptors (Lipinski definition) is 3. The number of likely N-dealkylation sites (tertiary alicyclic amines) is 1. The third-order valence-electron chi connectivity index (χ3n) is 3.45. The zero-order valence-electron chi connectivity index (χ0n) is 10.5. The van der Waals surface area contributed by atoms with Gasteiger partial charge >= 0.3 is 0 Å². The summed E-state index contributed by atoms with van der Waals surface area (Å²) in [7, 11) is 1.83. The fourth-order valence-electron chi connectivity index (χ4n) is 2.12. The fraction of sp³-hybridized carbons (Fsp3) is 0.917. The quantitative estimate of drug-likeness (QED) is 0.770. The Morgan fingerprint density at radius 1 is 1.44 bits per heavy atom. The summed E-state index contributed by atoms with van der Waals surface area (Å²) in [5, 5.41) is 9.33. The molecular formula is C12H24N2O2. The van der Waals surface area contributed by atoms with E-state index in [-0.39, 0.29) is 18.6 Å². The topological polar surface area (TPSA) is 43.8 Å². The highest BCUT2D eigenvalue weighted by Gasteiger charge is 2.23. The lowest BCUT2D eigenvalue weighted by atomic mass is 10.1. The van der Waals surface area contributed by atoms with Crippen LogP contribution in [0.1, 0.15) is 32.6 Å². The van der Waals surface area contributed by atoms with Gasteiger partial charge in [-0.25, -0.2) is 0 Å². The molecule has 1 N–H and O–H groups in total. The summed E-state index contributed by atoms with van der Waals surface area (Å²) in [5.41, 5.74) is 0. The molecule has 4 heteroatoms. The van der Waals surface area contributed by atoms with Gasteiger partial charge in [-0.2, -0.15) is 0 Å². The number of aliphatic hydroxyl groups excluding tert-OH is 1. The lowest BCUT2D eigenvalue weighted by molar-refractivity contribution is -0.131. The zero-order valence-corrected chi connectivity index (χ0v) is 10.5. The average Bonchev–Trinajstić information content (AvgIpc) is 2.52. The molecule has 0 aromatic heterocycles. The highest BCUT2D eigenvalue weighted by atomic mass is 16.3. The van der Waals surface area contributed by atoms with Crippen molar-refractivity contribution in [2.24, 2.45) is 0 Å². The molecule has 4 nitrogen and oxygen atoms in total. The summed E-state index contributed by atoms with van der Waals surface area (Å²) in [6.07, 6.45) is 4.53. The minimum absolute atomic E-state index is 0.155. The molecule has 94 valence electrons. The lowest BCUT2D eigenvalue weighted by Gasteiger charge is -2.29. The first-order valence-electron chi connectivity index (χ1n) is 6.28. The number of carbonyl (C=O) groups excluding carboxylic acids is 1. The summed E-state index contributed by atoms with van der Waals surface area (Å²) >= 11 is 0. The van der Waals surface area contributed by atoms with Gasteiger partial charge in [0, 0.05) is 19.6 Å². The standard InChI is InChI=1S/C12H24N2O2/c1-3-13(2)12(16)9-14-8-6-4-5-7-11(14)10-15/h11,15H,3-10H2,1-2H3. The van der Waals surface area contributed by atoms with Crippen molar-refractivity contribution in [3.8, 4) is 0 Å². The highest BCUT2D eigenvalue weighted by molar-refractivity contribution is 5.77. The molecule has 0 aromatic rings. The maximum atomic E-state index is 11.8. The molecule has 1 aliphatic heterocycles. The van der Waals surface area contributed by atoms with Crippen molar-refractivity contribution in [1.29, 1.82) is 0 Å². The molecule has 1 heterocycles. The van der Waals surface area contributed by atoms with Gasteiger partial charge in [-0.1, -0.05) is 12.8 Å². The molecule has 1 atom stereocenters. The minimum Gasteiger partial charge on any atom is -0.395 e. The maximum Gasteiger partial charge on any atom is 0.236 e. The maximum absolute atomic E-state index is 11.8. The molecule has 0 spiro atoms. The van der Waals surface area contributed by atoms with Gasteiger partial charge in [-0.3, -0.25) is 9.69 Å². The van der Waals surface area contributed by atoms with Crippen LogP contribution < -0.4 is 0 Å². The zero-order chi connectivity index (χ0) is 12.0. The molecule has 1 rings (SSSR count). The number of aliphatic hydroxyl groups is 1. The Hall–Kier alpha value is -0.610. The second-order valence-corrected chi connectivity index (χ2v) is 4.56. The van der Waals surface area contributed by atoms with Crippen LogP contribution in [-0.4, -0.2) is 60.1 Å². The van der Waals surface area contributed by atoms with Crippen molar-refractivity contribution < 1.29 is 9.90 Å². The van der Waals surface area contributed by atoms with Gasteiger partial charge < -0.3 is 10.0 Å². The Kier molecular flexibility index (Phi) is 5.77. The molecule has 0 bridgehead atoms. The molecule has 1 saturated heterocycles. The van der Waals surface area contributed by atoms with Crippen molar-refractivity contribution in [3.05, 3.63) is 0 Å². The Labute approximate surface area is 98.2 Å². The van der Waals surface area contributed by atoms with Gasteiger partial charge in [-0.15, -0.1) is 0 Å². The molecular weight excluding hydrogens is 204 g/mol. The molecule has 0 aromatic carbocycles. The van der Waals surface area contributed by atoms with Gasteiger partial charge in [0.15, 0.2) is 0 Å². The van der Waals surface area contributed by atoms with Crippen LogP contribution in [0.15, 0.2) is 0 Å². The van der Waals surface area contributed by atoms with Crippen molar-refractivity contribution in [3.63, 3.8) is 0 Å². The Bertz CT molecular complexity index is 221. The molecule has 0 radical (unpaired) electrons. The molecule has 1 fully saturated rings. The second-order valence-electron chi connectivity index (χ2n) is 4.56. The van der Waals surface area contributed by atoms with E-state index in [0.717, 1.165) is 25.9 Å². The van der Waals surface area contributed by atoms with E-state index in [9.17, 15) is 9.90 Å². The van der Waals surface area contributed by atoms with E-state index >= 15 is 0 Å². The molecule has 1 aliphatic rings. The van der Waals surface area contributed by atoms with Crippen LogP contribution in [0, 0.1) is 0 Å². The smallest absolute Gasteiger partial charge is 0.236 e. The predicted octanol–water partition coefficient (Wildman–Crippen LogP) is 0.702. The number of hydrogen-bond donors (Lipinski definition) is 1. The van der Waals surface area contributed by atoms with E-state index in [1.807, 2.05) is 14.0 Å². The van der Waals surface area contributed by atoms with E-state index in [1.54, 1.807) is 4.90 Å². The second kappa shape index (κ2) is 6.86. The van der Waals surface area contributed by atoms with E-state index in [0.29, 0.717) is 6.54 Å². The van der Waals surface area contributed by atoms with Crippen LogP contribution in [0.4, 0.5) is 0 Å². The third-order valence-corrected chi connectivity index (χ3v) is 3.45. The Morgan fingerprint density at radius 2 is 2.19 bits per heavy atom. The van der Waals surface area contributed by atoms with E-state index in [1.165, 1.54) is 12.8 Å². The first-order chi connectivity index (χ1) is 7.69. The number of rotatable bonds is 4. The van der Waals surface area contributed by atoms with Gasteiger partial charge in [-0.05, 0) is 26.3 Å². The lowest BCUT2D eigenvalue weighted by Crippen LogP contribution is -2.44. The molecule has 0 aliphatic carbocycles. The van der Waals surface area contributed by atoms with Crippen LogP contribution >= 0.6 is 0 Å². The van der Waals surface area contributed by atoms with Gasteiger partial charge in [0.1, 0.15) is 0 Å².